The van der Waals surface area contributed by atoms with Crippen LogP contribution in [0.3, 0.4) is 0 Å². The number of benzene rings is 1. The fraction of sp³-hybridized carbons (Fsp3) is 0.500. The SMILES string of the molecule is CN(Cc1ncc(-c2ccccc2)o1)C1CC2CCC(C1)N2.Cl.Cl. The molecule has 1 aromatic heterocycles. The largest absolute Gasteiger partial charge is 0.439 e. The fourth-order valence-electron chi connectivity index (χ4n) is 3.85. The normalized spacial score (nSPS) is 25.2. The maximum atomic E-state index is 5.93. The fourth-order valence-corrected chi connectivity index (χ4v) is 3.85. The summed E-state index contributed by atoms with van der Waals surface area (Å²) in [6.07, 6.45) is 7.02. The van der Waals surface area contributed by atoms with Crippen molar-refractivity contribution in [1.82, 2.24) is 15.2 Å². The molecule has 24 heavy (non-hydrogen) atoms. The van der Waals surface area contributed by atoms with Crippen molar-refractivity contribution >= 4 is 24.8 Å². The maximum absolute atomic E-state index is 5.93. The Morgan fingerprint density at radius 2 is 1.79 bits per heavy atom. The molecule has 0 spiro atoms. The monoisotopic (exact) mass is 369 g/mol. The summed E-state index contributed by atoms with van der Waals surface area (Å²) in [5.74, 6) is 1.67. The van der Waals surface area contributed by atoms with E-state index in [1.54, 1.807) is 0 Å². The minimum atomic E-state index is 0. The Hall–Kier alpha value is -1.07. The lowest BCUT2D eigenvalue weighted by Gasteiger charge is -2.34. The molecule has 3 heterocycles. The van der Waals surface area contributed by atoms with E-state index in [-0.39, 0.29) is 24.8 Å². The standard InChI is InChI=1S/C18H23N3O.2ClH/c1-21(16-9-14-7-8-15(10-16)20-14)12-18-19-11-17(22-18)13-5-3-2-4-6-13;;/h2-6,11,14-16,20H,7-10,12H2,1H3;2*1H. The van der Waals surface area contributed by atoms with Crippen molar-refractivity contribution in [3.63, 3.8) is 0 Å². The number of aromatic nitrogens is 1. The average molecular weight is 370 g/mol. The molecule has 2 fully saturated rings. The van der Waals surface area contributed by atoms with Crippen LogP contribution in [0.4, 0.5) is 0 Å². The molecule has 0 radical (unpaired) electrons. The highest BCUT2D eigenvalue weighted by atomic mass is 35.5. The highest BCUT2D eigenvalue weighted by Gasteiger charge is 2.35. The Kier molecular flexibility index (Phi) is 6.70. The number of piperidine rings is 1. The summed E-state index contributed by atoms with van der Waals surface area (Å²) in [6, 6.07) is 12.2. The summed E-state index contributed by atoms with van der Waals surface area (Å²) in [6.45, 7) is 0.789. The summed E-state index contributed by atoms with van der Waals surface area (Å²) in [5.41, 5.74) is 1.09. The molecule has 0 saturated carbocycles. The number of fused-ring (bicyclic) bond motifs is 2. The van der Waals surface area contributed by atoms with Gasteiger partial charge in [0.15, 0.2) is 5.76 Å². The van der Waals surface area contributed by atoms with Crippen LogP contribution in [0.5, 0.6) is 0 Å². The Bertz CT molecular complexity index is 622. The van der Waals surface area contributed by atoms with Gasteiger partial charge >= 0.3 is 0 Å². The molecule has 2 aliphatic rings. The molecule has 4 nitrogen and oxygen atoms in total. The van der Waals surface area contributed by atoms with Gasteiger partial charge in [0.2, 0.25) is 5.89 Å². The summed E-state index contributed by atoms with van der Waals surface area (Å²) >= 11 is 0. The Morgan fingerprint density at radius 1 is 1.12 bits per heavy atom. The molecule has 0 aliphatic carbocycles. The number of hydrogen-bond acceptors (Lipinski definition) is 4. The van der Waals surface area contributed by atoms with E-state index in [2.05, 4.69) is 34.4 Å². The lowest BCUT2D eigenvalue weighted by atomic mass is 9.98. The molecule has 2 unspecified atom stereocenters. The molecule has 132 valence electrons. The highest BCUT2D eigenvalue weighted by Crippen LogP contribution is 2.30. The summed E-state index contributed by atoms with van der Waals surface area (Å²) in [7, 11) is 2.20. The van der Waals surface area contributed by atoms with Crippen molar-refractivity contribution in [1.29, 1.82) is 0 Å². The van der Waals surface area contributed by atoms with Gasteiger partial charge in [0.05, 0.1) is 12.7 Å². The van der Waals surface area contributed by atoms with Gasteiger partial charge in [-0.3, -0.25) is 4.90 Å². The molecule has 2 aromatic rings. The van der Waals surface area contributed by atoms with Gasteiger partial charge in [0.25, 0.3) is 0 Å². The molecule has 2 atom stereocenters. The smallest absolute Gasteiger partial charge is 0.209 e. The molecule has 6 heteroatoms. The van der Waals surface area contributed by atoms with Crippen LogP contribution in [0, 0.1) is 0 Å². The second-order valence-corrected chi connectivity index (χ2v) is 6.66. The number of nitrogens with one attached hydrogen (secondary N) is 1. The van der Waals surface area contributed by atoms with Crippen molar-refractivity contribution in [3.8, 4) is 11.3 Å². The van der Waals surface area contributed by atoms with Crippen LogP contribution in [-0.2, 0) is 6.54 Å². The zero-order valence-corrected chi connectivity index (χ0v) is 15.5. The molecule has 2 saturated heterocycles. The molecule has 1 N–H and O–H groups in total. The van der Waals surface area contributed by atoms with Gasteiger partial charge in [-0.1, -0.05) is 30.3 Å². The third-order valence-electron chi connectivity index (χ3n) is 5.07. The molecule has 4 rings (SSSR count). The van der Waals surface area contributed by atoms with Gasteiger partial charge in [-0.25, -0.2) is 4.98 Å². The van der Waals surface area contributed by atoms with Gasteiger partial charge in [0.1, 0.15) is 0 Å². The predicted octanol–water partition coefficient (Wildman–Crippen LogP) is 3.90. The van der Waals surface area contributed by atoms with Crippen LogP contribution in [0.1, 0.15) is 31.6 Å². The van der Waals surface area contributed by atoms with Gasteiger partial charge < -0.3 is 9.73 Å². The van der Waals surface area contributed by atoms with Crippen LogP contribution in [0.25, 0.3) is 11.3 Å². The zero-order valence-electron chi connectivity index (χ0n) is 13.9. The van der Waals surface area contributed by atoms with Crippen LogP contribution in [0.2, 0.25) is 0 Å². The van der Waals surface area contributed by atoms with Gasteiger partial charge in [-0.15, -0.1) is 24.8 Å². The summed E-state index contributed by atoms with van der Waals surface area (Å²) in [4.78, 5) is 6.87. The first kappa shape index (κ1) is 19.3. The van der Waals surface area contributed by atoms with E-state index in [9.17, 15) is 0 Å². The minimum Gasteiger partial charge on any atom is -0.439 e. The molecule has 2 bridgehead atoms. The minimum absolute atomic E-state index is 0. The molecule has 0 amide bonds. The van der Waals surface area contributed by atoms with Crippen molar-refractivity contribution in [2.24, 2.45) is 0 Å². The van der Waals surface area contributed by atoms with Crippen LogP contribution < -0.4 is 5.32 Å². The number of hydrogen-bond donors (Lipinski definition) is 1. The van der Waals surface area contributed by atoms with E-state index < -0.39 is 0 Å². The van der Waals surface area contributed by atoms with Crippen molar-refractivity contribution in [3.05, 3.63) is 42.4 Å². The van der Waals surface area contributed by atoms with E-state index in [0.29, 0.717) is 6.04 Å². The predicted molar refractivity (Wildman–Crippen MR) is 101 cm³/mol. The number of rotatable bonds is 4. The lowest BCUT2D eigenvalue weighted by Crippen LogP contribution is -2.46. The number of oxazole rings is 1. The first-order chi connectivity index (χ1) is 10.8. The van der Waals surface area contributed by atoms with E-state index in [0.717, 1.165) is 35.8 Å². The Labute approximate surface area is 155 Å². The topological polar surface area (TPSA) is 41.3 Å². The van der Waals surface area contributed by atoms with Gasteiger partial charge in [0, 0.05) is 23.7 Å². The molecule has 1 aromatic carbocycles. The molecular weight excluding hydrogens is 345 g/mol. The first-order valence-electron chi connectivity index (χ1n) is 8.24. The lowest BCUT2D eigenvalue weighted by molar-refractivity contribution is 0.154. The van der Waals surface area contributed by atoms with Crippen molar-refractivity contribution in [2.45, 2.75) is 50.4 Å². The van der Waals surface area contributed by atoms with E-state index in [1.165, 1.54) is 25.7 Å². The Balaban J connectivity index is 0.00000104. The Morgan fingerprint density at radius 3 is 2.46 bits per heavy atom. The van der Waals surface area contributed by atoms with Crippen LogP contribution in [-0.4, -0.2) is 35.1 Å². The van der Waals surface area contributed by atoms with Crippen LogP contribution in [0.15, 0.2) is 40.9 Å². The quantitative estimate of drug-likeness (QED) is 0.886. The average Bonchev–Trinajstić information content (AvgIpc) is 3.14. The van der Waals surface area contributed by atoms with E-state index in [4.69, 9.17) is 4.42 Å². The number of halogens is 2. The second-order valence-electron chi connectivity index (χ2n) is 6.66. The third kappa shape index (κ3) is 4.12. The van der Waals surface area contributed by atoms with E-state index >= 15 is 0 Å². The van der Waals surface area contributed by atoms with Crippen LogP contribution >= 0.6 is 24.8 Å². The summed E-state index contributed by atoms with van der Waals surface area (Å²) < 4.78 is 5.93. The summed E-state index contributed by atoms with van der Waals surface area (Å²) in [5, 5.41) is 3.70. The molecular formula is C18H25Cl2N3O. The molecule has 2 aliphatic heterocycles. The van der Waals surface area contributed by atoms with Crippen molar-refractivity contribution < 1.29 is 4.42 Å². The van der Waals surface area contributed by atoms with E-state index in [1.807, 2.05) is 24.4 Å². The second kappa shape index (κ2) is 8.34. The first-order valence-corrected chi connectivity index (χ1v) is 8.24. The maximum Gasteiger partial charge on any atom is 0.209 e. The van der Waals surface area contributed by atoms with Crippen molar-refractivity contribution in [2.75, 3.05) is 7.05 Å². The highest BCUT2D eigenvalue weighted by molar-refractivity contribution is 5.85. The van der Waals surface area contributed by atoms with Gasteiger partial charge in [-0.2, -0.15) is 0 Å². The third-order valence-corrected chi connectivity index (χ3v) is 5.07. The number of nitrogens with zero attached hydrogens (tertiary/aromatic N) is 2. The zero-order chi connectivity index (χ0) is 14.9. The van der Waals surface area contributed by atoms with Gasteiger partial charge in [-0.05, 0) is 32.7 Å².